The molecular formula is C18H18O5. The number of benzene rings is 2. The van der Waals surface area contributed by atoms with Gasteiger partial charge in [0.25, 0.3) is 0 Å². The Morgan fingerprint density at radius 1 is 0.957 bits per heavy atom. The molecule has 0 aromatic heterocycles. The van der Waals surface area contributed by atoms with Crippen LogP contribution in [0.5, 0.6) is 17.2 Å². The Labute approximate surface area is 134 Å². The molecule has 1 heterocycles. The first-order chi connectivity index (χ1) is 11.2. The van der Waals surface area contributed by atoms with Gasteiger partial charge in [0.15, 0.2) is 17.6 Å². The van der Waals surface area contributed by atoms with Crippen LogP contribution in [0.3, 0.4) is 0 Å². The summed E-state index contributed by atoms with van der Waals surface area (Å²) in [5.41, 5.74) is 2.60. The van der Waals surface area contributed by atoms with Crippen molar-refractivity contribution in [2.45, 2.75) is 12.5 Å². The van der Waals surface area contributed by atoms with Gasteiger partial charge in [0.1, 0.15) is 5.75 Å². The van der Waals surface area contributed by atoms with Crippen LogP contribution in [0, 0.1) is 0 Å². The summed E-state index contributed by atoms with van der Waals surface area (Å²) in [6.45, 7) is 0. The molecule has 0 unspecified atom stereocenters. The number of carbonyl (C=O) groups excluding carboxylic acids is 1. The van der Waals surface area contributed by atoms with Crippen molar-refractivity contribution < 1.29 is 23.7 Å². The largest absolute Gasteiger partial charge is 0.497 e. The second-order valence-corrected chi connectivity index (χ2v) is 5.19. The number of fused-ring (bicyclic) bond motifs is 1. The molecule has 0 N–H and O–H groups in total. The zero-order valence-electron chi connectivity index (χ0n) is 13.3. The summed E-state index contributed by atoms with van der Waals surface area (Å²) in [7, 11) is 4.76. The standard InChI is InChI=1S/C18H18O5/c1-20-12-6-4-11(5-7-12)17-13-8-9-15(21-2)18(22-3)14(13)10-16(19)23-17/h4-9,17H,10H2,1-3H3/t17-/m0/s1. The number of hydrogen-bond acceptors (Lipinski definition) is 5. The minimum absolute atomic E-state index is 0.169. The van der Waals surface area contributed by atoms with E-state index in [0.29, 0.717) is 11.5 Å². The van der Waals surface area contributed by atoms with E-state index in [1.54, 1.807) is 21.3 Å². The van der Waals surface area contributed by atoms with Crippen LogP contribution < -0.4 is 14.2 Å². The Hall–Kier alpha value is -2.69. The maximum absolute atomic E-state index is 12.1. The van der Waals surface area contributed by atoms with Gasteiger partial charge in [-0.1, -0.05) is 18.2 Å². The molecule has 5 heteroatoms. The number of esters is 1. The predicted molar refractivity (Wildman–Crippen MR) is 84.2 cm³/mol. The molecule has 5 nitrogen and oxygen atoms in total. The third-order valence-electron chi connectivity index (χ3n) is 3.96. The lowest BCUT2D eigenvalue weighted by molar-refractivity contribution is -0.148. The van der Waals surface area contributed by atoms with Crippen molar-refractivity contribution in [3.8, 4) is 17.2 Å². The molecule has 3 rings (SSSR count). The van der Waals surface area contributed by atoms with Crippen molar-refractivity contribution in [1.82, 2.24) is 0 Å². The Bertz CT molecular complexity index is 721. The Balaban J connectivity index is 2.09. The number of methoxy groups -OCH3 is 3. The van der Waals surface area contributed by atoms with Crippen LogP contribution in [0.25, 0.3) is 0 Å². The van der Waals surface area contributed by atoms with Crippen molar-refractivity contribution in [3.63, 3.8) is 0 Å². The topological polar surface area (TPSA) is 54.0 Å². The number of cyclic esters (lactones) is 1. The average Bonchev–Trinajstić information content (AvgIpc) is 2.60. The quantitative estimate of drug-likeness (QED) is 0.812. The van der Waals surface area contributed by atoms with Crippen LogP contribution in [-0.2, 0) is 16.0 Å². The fourth-order valence-electron chi connectivity index (χ4n) is 2.84. The molecule has 2 aromatic carbocycles. The molecule has 0 saturated heterocycles. The lowest BCUT2D eigenvalue weighted by atomic mass is 9.91. The van der Waals surface area contributed by atoms with Crippen LogP contribution >= 0.6 is 0 Å². The van der Waals surface area contributed by atoms with Gasteiger partial charge < -0.3 is 18.9 Å². The first kappa shape index (κ1) is 15.2. The maximum Gasteiger partial charge on any atom is 0.311 e. The normalized spacial score (nSPS) is 16.3. The highest BCUT2D eigenvalue weighted by Gasteiger charge is 2.31. The van der Waals surface area contributed by atoms with Gasteiger partial charge in [0.05, 0.1) is 27.8 Å². The summed E-state index contributed by atoms with van der Waals surface area (Å²) in [4.78, 5) is 12.1. The van der Waals surface area contributed by atoms with Crippen molar-refractivity contribution in [2.24, 2.45) is 0 Å². The molecule has 0 saturated carbocycles. The predicted octanol–water partition coefficient (Wildman–Crippen LogP) is 2.90. The van der Waals surface area contributed by atoms with Gasteiger partial charge in [-0.15, -0.1) is 0 Å². The first-order valence-corrected chi connectivity index (χ1v) is 7.25. The molecular weight excluding hydrogens is 296 g/mol. The van der Waals surface area contributed by atoms with Gasteiger partial charge in [0, 0.05) is 11.1 Å². The van der Waals surface area contributed by atoms with Crippen LogP contribution in [0.1, 0.15) is 22.8 Å². The summed E-state index contributed by atoms with van der Waals surface area (Å²) < 4.78 is 21.5. The van der Waals surface area contributed by atoms with Crippen molar-refractivity contribution >= 4 is 5.97 Å². The first-order valence-electron chi connectivity index (χ1n) is 7.25. The molecule has 0 amide bonds. The molecule has 0 fully saturated rings. The van der Waals surface area contributed by atoms with Gasteiger partial charge in [-0.05, 0) is 23.8 Å². The lowest BCUT2D eigenvalue weighted by Gasteiger charge is -2.28. The van der Waals surface area contributed by atoms with E-state index >= 15 is 0 Å². The smallest absolute Gasteiger partial charge is 0.311 e. The summed E-state index contributed by atoms with van der Waals surface area (Å²) in [6, 6.07) is 11.2. The molecule has 1 atom stereocenters. The third kappa shape index (κ3) is 2.70. The second kappa shape index (κ2) is 6.20. The molecule has 23 heavy (non-hydrogen) atoms. The lowest BCUT2D eigenvalue weighted by Crippen LogP contribution is -2.23. The number of carbonyl (C=O) groups is 1. The van der Waals surface area contributed by atoms with Crippen molar-refractivity contribution in [2.75, 3.05) is 21.3 Å². The van der Waals surface area contributed by atoms with E-state index in [0.717, 1.165) is 22.4 Å². The van der Waals surface area contributed by atoms with E-state index in [2.05, 4.69) is 0 Å². The highest BCUT2D eigenvalue weighted by Crippen LogP contribution is 2.42. The molecule has 1 aliphatic rings. The van der Waals surface area contributed by atoms with E-state index in [1.165, 1.54) is 0 Å². The molecule has 1 aliphatic heterocycles. The Kier molecular flexibility index (Phi) is 4.10. The van der Waals surface area contributed by atoms with Crippen molar-refractivity contribution in [1.29, 1.82) is 0 Å². The minimum Gasteiger partial charge on any atom is -0.497 e. The zero-order valence-corrected chi connectivity index (χ0v) is 13.3. The van der Waals surface area contributed by atoms with E-state index < -0.39 is 6.10 Å². The van der Waals surface area contributed by atoms with Gasteiger partial charge in [-0.2, -0.15) is 0 Å². The number of ether oxygens (including phenoxy) is 4. The van der Waals surface area contributed by atoms with Crippen LogP contribution in [0.2, 0.25) is 0 Å². The molecule has 0 bridgehead atoms. The minimum atomic E-state index is -0.461. The van der Waals surface area contributed by atoms with Crippen molar-refractivity contribution in [3.05, 3.63) is 53.1 Å². The SMILES string of the molecule is COc1ccc([C@@H]2OC(=O)Cc3c2ccc(OC)c3OC)cc1. The van der Waals surface area contributed by atoms with Gasteiger partial charge in [-0.25, -0.2) is 0 Å². The molecule has 2 aromatic rings. The fourth-order valence-corrected chi connectivity index (χ4v) is 2.84. The number of rotatable bonds is 4. The second-order valence-electron chi connectivity index (χ2n) is 5.19. The zero-order chi connectivity index (χ0) is 16.4. The highest BCUT2D eigenvalue weighted by atomic mass is 16.5. The molecule has 0 spiro atoms. The monoisotopic (exact) mass is 314 g/mol. The molecule has 0 radical (unpaired) electrons. The number of hydrogen-bond donors (Lipinski definition) is 0. The van der Waals surface area contributed by atoms with E-state index in [4.69, 9.17) is 18.9 Å². The van der Waals surface area contributed by atoms with E-state index in [1.807, 2.05) is 36.4 Å². The van der Waals surface area contributed by atoms with Gasteiger partial charge >= 0.3 is 5.97 Å². The summed E-state index contributed by atoms with van der Waals surface area (Å²) in [5, 5.41) is 0. The third-order valence-corrected chi connectivity index (χ3v) is 3.96. The Morgan fingerprint density at radius 3 is 2.30 bits per heavy atom. The Morgan fingerprint density at radius 2 is 1.70 bits per heavy atom. The summed E-state index contributed by atoms with van der Waals surface area (Å²) in [6.07, 6.45) is -0.292. The summed E-state index contributed by atoms with van der Waals surface area (Å²) >= 11 is 0. The highest BCUT2D eigenvalue weighted by molar-refractivity contribution is 5.78. The van der Waals surface area contributed by atoms with Gasteiger partial charge in [-0.3, -0.25) is 4.79 Å². The van der Waals surface area contributed by atoms with Crippen LogP contribution in [0.15, 0.2) is 36.4 Å². The fraction of sp³-hybridized carbons (Fsp3) is 0.278. The van der Waals surface area contributed by atoms with Crippen LogP contribution in [-0.4, -0.2) is 27.3 Å². The average molecular weight is 314 g/mol. The van der Waals surface area contributed by atoms with E-state index in [9.17, 15) is 4.79 Å². The molecule has 120 valence electrons. The molecule has 0 aliphatic carbocycles. The maximum atomic E-state index is 12.1. The van der Waals surface area contributed by atoms with Crippen LogP contribution in [0.4, 0.5) is 0 Å². The summed E-state index contributed by atoms with van der Waals surface area (Å²) in [5.74, 6) is 1.66. The van der Waals surface area contributed by atoms with Gasteiger partial charge in [0.2, 0.25) is 0 Å². The van der Waals surface area contributed by atoms with E-state index in [-0.39, 0.29) is 12.4 Å².